The fraction of sp³-hybridized carbons (Fsp3) is 0.412. The largest absolute Gasteiger partial charge is 0.310 e. The second kappa shape index (κ2) is 6.51. The summed E-state index contributed by atoms with van der Waals surface area (Å²) >= 11 is 1.29. The molecule has 8 heteroatoms. The van der Waals surface area contributed by atoms with Gasteiger partial charge in [-0.25, -0.2) is 9.97 Å². The van der Waals surface area contributed by atoms with Crippen molar-refractivity contribution in [2.75, 3.05) is 16.8 Å². The number of carbonyl (C=O) groups is 2. The fourth-order valence-electron chi connectivity index (χ4n) is 2.47. The number of fused-ring (bicyclic) bond motifs is 1. The Morgan fingerprint density at radius 3 is 2.80 bits per heavy atom. The number of rotatable bonds is 3. The molecule has 1 aliphatic heterocycles. The third-order valence-electron chi connectivity index (χ3n) is 3.87. The molecule has 0 radical (unpaired) electrons. The van der Waals surface area contributed by atoms with Gasteiger partial charge in [-0.3, -0.25) is 9.59 Å². The molecule has 2 aromatic heterocycles. The Bertz CT molecular complexity index is 828. The molecule has 132 valence electrons. The van der Waals surface area contributed by atoms with Gasteiger partial charge >= 0.3 is 0 Å². The molecule has 25 heavy (non-hydrogen) atoms. The summed E-state index contributed by atoms with van der Waals surface area (Å²) in [5.41, 5.74) is 1.35. The fourth-order valence-corrected chi connectivity index (χ4v) is 3.18. The van der Waals surface area contributed by atoms with Crippen LogP contribution in [0.5, 0.6) is 0 Å². The van der Waals surface area contributed by atoms with Crippen molar-refractivity contribution < 1.29 is 14.0 Å². The second-order valence-electron chi connectivity index (χ2n) is 6.92. The van der Waals surface area contributed by atoms with Gasteiger partial charge in [-0.1, -0.05) is 20.8 Å². The SMILES string of the molecule is CC(C)(C)C(=O)Nc1nc(CC(=O)N2CCc3nc(F)ccc32)cs1. The van der Waals surface area contributed by atoms with Crippen molar-refractivity contribution in [1.82, 2.24) is 9.97 Å². The van der Waals surface area contributed by atoms with Crippen molar-refractivity contribution in [3.63, 3.8) is 0 Å². The van der Waals surface area contributed by atoms with Gasteiger partial charge in [0.2, 0.25) is 17.8 Å². The molecule has 3 heterocycles. The number of amides is 2. The minimum Gasteiger partial charge on any atom is -0.310 e. The zero-order valence-electron chi connectivity index (χ0n) is 14.3. The highest BCUT2D eigenvalue weighted by atomic mass is 32.1. The van der Waals surface area contributed by atoms with Crippen LogP contribution >= 0.6 is 11.3 Å². The van der Waals surface area contributed by atoms with Gasteiger partial charge < -0.3 is 10.2 Å². The maximum Gasteiger partial charge on any atom is 0.233 e. The van der Waals surface area contributed by atoms with Crippen LogP contribution in [-0.4, -0.2) is 28.3 Å². The number of hydrogen-bond acceptors (Lipinski definition) is 5. The summed E-state index contributed by atoms with van der Waals surface area (Å²) in [6.07, 6.45) is 0.668. The lowest BCUT2D eigenvalue weighted by atomic mass is 9.96. The lowest BCUT2D eigenvalue weighted by molar-refractivity contribution is -0.123. The van der Waals surface area contributed by atoms with E-state index in [0.717, 1.165) is 0 Å². The van der Waals surface area contributed by atoms with E-state index >= 15 is 0 Å². The van der Waals surface area contributed by atoms with E-state index in [1.165, 1.54) is 17.4 Å². The van der Waals surface area contributed by atoms with Crippen LogP contribution in [0.3, 0.4) is 0 Å². The predicted molar refractivity (Wildman–Crippen MR) is 94.2 cm³/mol. The third-order valence-corrected chi connectivity index (χ3v) is 4.67. The summed E-state index contributed by atoms with van der Waals surface area (Å²) in [5, 5.41) is 5.00. The van der Waals surface area contributed by atoms with Crippen molar-refractivity contribution in [3.05, 3.63) is 34.8 Å². The Morgan fingerprint density at radius 2 is 2.08 bits per heavy atom. The number of carbonyl (C=O) groups excluding carboxylic acids is 2. The van der Waals surface area contributed by atoms with Crippen molar-refractivity contribution in [2.45, 2.75) is 33.6 Å². The highest BCUT2D eigenvalue weighted by Gasteiger charge is 2.27. The van der Waals surface area contributed by atoms with Gasteiger partial charge in [-0.2, -0.15) is 4.39 Å². The highest BCUT2D eigenvalue weighted by Crippen LogP contribution is 2.27. The molecule has 0 saturated carbocycles. The van der Waals surface area contributed by atoms with E-state index < -0.39 is 11.4 Å². The Hall–Kier alpha value is -2.35. The summed E-state index contributed by atoms with van der Waals surface area (Å²) in [4.78, 5) is 34.3. The van der Waals surface area contributed by atoms with Gasteiger partial charge in [0.25, 0.3) is 0 Å². The summed E-state index contributed by atoms with van der Waals surface area (Å²) in [5.74, 6) is -0.778. The topological polar surface area (TPSA) is 75.2 Å². The highest BCUT2D eigenvalue weighted by molar-refractivity contribution is 7.13. The molecule has 2 amide bonds. The molecular formula is C17H19FN4O2S. The van der Waals surface area contributed by atoms with E-state index in [-0.39, 0.29) is 18.2 Å². The number of thiazole rings is 1. The Kier molecular flexibility index (Phi) is 4.55. The van der Waals surface area contributed by atoms with Crippen LogP contribution in [0.25, 0.3) is 0 Å². The van der Waals surface area contributed by atoms with Gasteiger partial charge in [0.15, 0.2) is 5.13 Å². The molecule has 0 unspecified atom stereocenters. The lowest BCUT2D eigenvalue weighted by Gasteiger charge is -2.16. The third kappa shape index (κ3) is 3.84. The van der Waals surface area contributed by atoms with Gasteiger partial charge in [-0.15, -0.1) is 11.3 Å². The van der Waals surface area contributed by atoms with E-state index in [1.807, 2.05) is 20.8 Å². The van der Waals surface area contributed by atoms with Crippen LogP contribution in [-0.2, 0) is 22.4 Å². The Morgan fingerprint density at radius 1 is 1.32 bits per heavy atom. The smallest absolute Gasteiger partial charge is 0.233 e. The van der Waals surface area contributed by atoms with E-state index in [1.54, 1.807) is 16.3 Å². The lowest BCUT2D eigenvalue weighted by Crippen LogP contribution is -2.30. The first-order valence-electron chi connectivity index (χ1n) is 7.95. The summed E-state index contributed by atoms with van der Waals surface area (Å²) in [6.45, 7) is 5.95. The second-order valence-corrected chi connectivity index (χ2v) is 7.78. The molecular weight excluding hydrogens is 343 g/mol. The van der Waals surface area contributed by atoms with Gasteiger partial charge in [0.1, 0.15) is 0 Å². The van der Waals surface area contributed by atoms with Crippen LogP contribution in [0.4, 0.5) is 15.2 Å². The summed E-state index contributed by atoms with van der Waals surface area (Å²) < 4.78 is 13.2. The number of aromatic nitrogens is 2. The molecule has 0 aliphatic carbocycles. The minimum atomic E-state index is -0.535. The number of halogens is 1. The van der Waals surface area contributed by atoms with Gasteiger partial charge in [0.05, 0.1) is 23.5 Å². The molecule has 0 saturated heterocycles. The van der Waals surface area contributed by atoms with E-state index in [9.17, 15) is 14.0 Å². The zero-order valence-corrected chi connectivity index (χ0v) is 15.1. The molecule has 0 fully saturated rings. The Balaban J connectivity index is 1.66. The normalized spacial score (nSPS) is 13.7. The van der Waals surface area contributed by atoms with Crippen molar-refractivity contribution >= 4 is 34.0 Å². The predicted octanol–water partition coefficient (Wildman–Crippen LogP) is 2.79. The first kappa shape index (κ1) is 17.5. The number of nitrogens with zero attached hydrogens (tertiary/aromatic N) is 3. The quantitative estimate of drug-likeness (QED) is 0.852. The molecule has 0 atom stereocenters. The molecule has 1 aliphatic rings. The number of nitrogens with one attached hydrogen (secondary N) is 1. The Labute approximate surface area is 149 Å². The van der Waals surface area contributed by atoms with Crippen LogP contribution in [0.15, 0.2) is 17.5 Å². The molecule has 0 bridgehead atoms. The molecule has 3 rings (SSSR count). The first-order valence-corrected chi connectivity index (χ1v) is 8.83. The van der Waals surface area contributed by atoms with Crippen LogP contribution in [0.1, 0.15) is 32.2 Å². The monoisotopic (exact) mass is 362 g/mol. The molecule has 2 aromatic rings. The standard InChI is InChI=1S/C17H19FN4O2S/c1-17(2,3)15(24)21-16-19-10(9-25-16)8-14(23)22-7-6-11-12(22)4-5-13(18)20-11/h4-5,9H,6-8H2,1-3H3,(H,19,21,24). The molecule has 1 N–H and O–H groups in total. The zero-order chi connectivity index (χ0) is 18.2. The van der Waals surface area contributed by atoms with Crippen LogP contribution in [0, 0.1) is 11.4 Å². The maximum atomic E-state index is 13.2. The molecule has 0 aromatic carbocycles. The summed E-state index contributed by atoms with van der Waals surface area (Å²) in [6, 6.07) is 2.84. The average Bonchev–Trinajstić information content (AvgIpc) is 3.12. The average molecular weight is 362 g/mol. The van der Waals surface area contributed by atoms with E-state index in [4.69, 9.17) is 0 Å². The van der Waals surface area contributed by atoms with Crippen molar-refractivity contribution in [1.29, 1.82) is 0 Å². The van der Waals surface area contributed by atoms with Crippen LogP contribution < -0.4 is 10.2 Å². The van der Waals surface area contributed by atoms with Gasteiger partial charge in [0, 0.05) is 23.8 Å². The maximum absolute atomic E-state index is 13.2. The minimum absolute atomic E-state index is 0.119. The van der Waals surface area contributed by atoms with E-state index in [2.05, 4.69) is 15.3 Å². The van der Waals surface area contributed by atoms with Gasteiger partial charge in [-0.05, 0) is 12.1 Å². The van der Waals surface area contributed by atoms with Crippen molar-refractivity contribution in [3.8, 4) is 0 Å². The first-order chi connectivity index (χ1) is 11.7. The molecule has 6 nitrogen and oxygen atoms in total. The molecule has 0 spiro atoms. The number of hydrogen-bond donors (Lipinski definition) is 1. The summed E-state index contributed by atoms with van der Waals surface area (Å²) in [7, 11) is 0. The van der Waals surface area contributed by atoms with E-state index in [0.29, 0.717) is 35.2 Å². The number of pyridine rings is 1. The van der Waals surface area contributed by atoms with Crippen LogP contribution in [0.2, 0.25) is 0 Å². The van der Waals surface area contributed by atoms with Crippen molar-refractivity contribution in [2.24, 2.45) is 5.41 Å². The number of anilines is 2.